The molecule has 1 rings (SSSR count). The first-order valence-corrected chi connectivity index (χ1v) is 5.57. The predicted molar refractivity (Wildman–Crippen MR) is 59.2 cm³/mol. The lowest BCUT2D eigenvalue weighted by Crippen LogP contribution is -2.17. The van der Waals surface area contributed by atoms with Gasteiger partial charge in [0.1, 0.15) is 5.60 Å². The van der Waals surface area contributed by atoms with Crippen LogP contribution in [-0.2, 0) is 9.53 Å². The molecular weight excluding hydrogens is 176 g/mol. The Bertz CT molecular complexity index is 141. The quantitative estimate of drug-likeness (QED) is 0.605. The van der Waals surface area contributed by atoms with Gasteiger partial charge in [0, 0.05) is 0 Å². The van der Waals surface area contributed by atoms with E-state index in [9.17, 15) is 4.79 Å². The van der Waals surface area contributed by atoms with Crippen LogP contribution in [0.15, 0.2) is 0 Å². The molecule has 1 aliphatic carbocycles. The third-order valence-electron chi connectivity index (χ3n) is 2.30. The van der Waals surface area contributed by atoms with Crippen LogP contribution in [0.5, 0.6) is 0 Å². The summed E-state index contributed by atoms with van der Waals surface area (Å²) in [7, 11) is 0. The Morgan fingerprint density at radius 1 is 1.14 bits per heavy atom. The Labute approximate surface area is 88.0 Å². The first kappa shape index (κ1) is 13.5. The largest absolute Gasteiger partial charge is 0.462 e. The van der Waals surface area contributed by atoms with Crippen molar-refractivity contribution >= 4 is 6.47 Å². The number of rotatable bonds is 1. The molecule has 0 aromatic rings. The van der Waals surface area contributed by atoms with Crippen LogP contribution in [0.1, 0.15) is 59.8 Å². The van der Waals surface area contributed by atoms with Crippen LogP contribution in [0, 0.1) is 5.92 Å². The summed E-state index contributed by atoms with van der Waals surface area (Å²) in [5.41, 5.74) is -0.318. The van der Waals surface area contributed by atoms with Crippen molar-refractivity contribution in [3.63, 3.8) is 0 Å². The van der Waals surface area contributed by atoms with Crippen molar-refractivity contribution in [2.75, 3.05) is 0 Å². The van der Waals surface area contributed by atoms with E-state index in [1.54, 1.807) is 0 Å². The van der Waals surface area contributed by atoms with Crippen molar-refractivity contribution in [1.82, 2.24) is 0 Å². The van der Waals surface area contributed by atoms with Crippen molar-refractivity contribution in [3.8, 4) is 0 Å². The van der Waals surface area contributed by atoms with Crippen LogP contribution < -0.4 is 0 Å². The summed E-state index contributed by atoms with van der Waals surface area (Å²) in [5, 5.41) is 0. The summed E-state index contributed by atoms with van der Waals surface area (Å²) >= 11 is 0. The van der Waals surface area contributed by atoms with Crippen molar-refractivity contribution in [1.29, 1.82) is 0 Å². The van der Waals surface area contributed by atoms with Gasteiger partial charge in [-0.3, -0.25) is 4.79 Å². The molecule has 1 fully saturated rings. The van der Waals surface area contributed by atoms with E-state index >= 15 is 0 Å². The first-order valence-electron chi connectivity index (χ1n) is 5.57. The van der Waals surface area contributed by atoms with E-state index < -0.39 is 0 Å². The summed E-state index contributed by atoms with van der Waals surface area (Å²) in [6.07, 6.45) is 7.44. The number of hydrogen-bond acceptors (Lipinski definition) is 2. The molecule has 0 aromatic carbocycles. The molecule has 1 saturated carbocycles. The minimum atomic E-state index is -0.318. The first-order chi connectivity index (χ1) is 6.45. The standard InChI is InChI=1S/C7H14.C5H10O2/c1-7-5-3-2-4-6-7;1-5(2,3)7-4-6/h7H,2-6H2,1H3;4H,1-3H3. The maximum Gasteiger partial charge on any atom is 0.293 e. The highest BCUT2D eigenvalue weighted by Gasteiger charge is 2.07. The SMILES string of the molecule is CC(C)(C)OC=O.CC1CCCCC1. The number of carbonyl (C=O) groups excluding carboxylic acids is 1. The highest BCUT2D eigenvalue weighted by Crippen LogP contribution is 2.22. The molecule has 2 nitrogen and oxygen atoms in total. The fourth-order valence-electron chi connectivity index (χ4n) is 1.45. The smallest absolute Gasteiger partial charge is 0.293 e. The molecule has 14 heavy (non-hydrogen) atoms. The molecule has 1 aliphatic rings. The summed E-state index contributed by atoms with van der Waals surface area (Å²) < 4.78 is 4.55. The molecule has 0 spiro atoms. The van der Waals surface area contributed by atoms with E-state index in [0.717, 1.165) is 5.92 Å². The van der Waals surface area contributed by atoms with E-state index in [1.807, 2.05) is 20.8 Å². The zero-order valence-corrected chi connectivity index (χ0v) is 10.0. The monoisotopic (exact) mass is 200 g/mol. The second-order valence-corrected chi connectivity index (χ2v) is 5.07. The van der Waals surface area contributed by atoms with Crippen molar-refractivity contribution in [3.05, 3.63) is 0 Å². The Hall–Kier alpha value is -0.530. The Morgan fingerprint density at radius 2 is 1.64 bits per heavy atom. The van der Waals surface area contributed by atoms with Crippen LogP contribution in [0.3, 0.4) is 0 Å². The van der Waals surface area contributed by atoms with Crippen LogP contribution in [0.4, 0.5) is 0 Å². The van der Waals surface area contributed by atoms with Crippen molar-refractivity contribution < 1.29 is 9.53 Å². The van der Waals surface area contributed by atoms with Crippen molar-refractivity contribution in [2.45, 2.75) is 65.4 Å². The van der Waals surface area contributed by atoms with Crippen LogP contribution >= 0.6 is 0 Å². The van der Waals surface area contributed by atoms with Gasteiger partial charge in [-0.1, -0.05) is 39.0 Å². The van der Waals surface area contributed by atoms with Gasteiger partial charge < -0.3 is 4.74 Å². The third-order valence-corrected chi connectivity index (χ3v) is 2.30. The highest BCUT2D eigenvalue weighted by atomic mass is 16.5. The zero-order valence-electron chi connectivity index (χ0n) is 10.0. The lowest BCUT2D eigenvalue weighted by molar-refractivity contribution is -0.138. The number of ether oxygens (including phenoxy) is 1. The zero-order chi connectivity index (χ0) is 11.0. The van der Waals surface area contributed by atoms with E-state index in [-0.39, 0.29) is 5.60 Å². The Kier molecular flexibility index (Phi) is 6.60. The summed E-state index contributed by atoms with van der Waals surface area (Å²) in [4.78, 5) is 9.60. The molecule has 0 heterocycles. The molecule has 0 bridgehead atoms. The van der Waals surface area contributed by atoms with E-state index in [0.29, 0.717) is 6.47 Å². The van der Waals surface area contributed by atoms with E-state index in [1.165, 1.54) is 32.1 Å². The summed E-state index contributed by atoms with van der Waals surface area (Å²) in [6.45, 7) is 8.28. The number of hydrogen-bond donors (Lipinski definition) is 0. The van der Waals surface area contributed by atoms with E-state index in [4.69, 9.17) is 0 Å². The fourth-order valence-corrected chi connectivity index (χ4v) is 1.45. The van der Waals surface area contributed by atoms with Gasteiger partial charge in [0.15, 0.2) is 0 Å². The van der Waals surface area contributed by atoms with E-state index in [2.05, 4.69) is 11.7 Å². The third kappa shape index (κ3) is 9.56. The predicted octanol–water partition coefficient (Wildman–Crippen LogP) is 3.54. The van der Waals surface area contributed by atoms with Gasteiger partial charge in [0.05, 0.1) is 0 Å². The molecule has 0 aliphatic heterocycles. The van der Waals surface area contributed by atoms with Gasteiger partial charge >= 0.3 is 0 Å². The second kappa shape index (κ2) is 6.86. The maximum atomic E-state index is 9.60. The van der Waals surface area contributed by atoms with Crippen LogP contribution in [0.2, 0.25) is 0 Å². The minimum Gasteiger partial charge on any atom is -0.462 e. The Balaban J connectivity index is 0.000000241. The molecule has 0 saturated heterocycles. The molecular formula is C12H24O2. The van der Waals surface area contributed by atoms with Gasteiger partial charge in [0.2, 0.25) is 0 Å². The topological polar surface area (TPSA) is 26.3 Å². The maximum absolute atomic E-state index is 9.60. The molecule has 0 N–H and O–H groups in total. The molecule has 2 heteroatoms. The van der Waals surface area contributed by atoms with Crippen molar-refractivity contribution in [2.24, 2.45) is 5.92 Å². The Morgan fingerprint density at radius 3 is 1.79 bits per heavy atom. The number of carbonyl (C=O) groups is 1. The molecule has 0 aromatic heterocycles. The average molecular weight is 200 g/mol. The average Bonchev–Trinajstić information content (AvgIpc) is 2.04. The molecule has 0 unspecified atom stereocenters. The normalized spacial score (nSPS) is 18.0. The summed E-state index contributed by atoms with van der Waals surface area (Å²) in [5.74, 6) is 1.04. The fraction of sp³-hybridized carbons (Fsp3) is 0.917. The summed E-state index contributed by atoms with van der Waals surface area (Å²) in [6, 6.07) is 0. The molecule has 0 atom stereocenters. The van der Waals surface area contributed by atoms with Gasteiger partial charge in [-0.2, -0.15) is 0 Å². The van der Waals surface area contributed by atoms with Crippen LogP contribution in [0.25, 0.3) is 0 Å². The molecule has 0 amide bonds. The van der Waals surface area contributed by atoms with Gasteiger partial charge in [-0.25, -0.2) is 0 Å². The van der Waals surface area contributed by atoms with Gasteiger partial charge in [-0.05, 0) is 26.7 Å². The minimum absolute atomic E-state index is 0.318. The second-order valence-electron chi connectivity index (χ2n) is 5.07. The molecule has 84 valence electrons. The van der Waals surface area contributed by atoms with Crippen LogP contribution in [-0.4, -0.2) is 12.1 Å². The highest BCUT2D eigenvalue weighted by molar-refractivity contribution is 5.37. The van der Waals surface area contributed by atoms with Gasteiger partial charge in [-0.15, -0.1) is 0 Å². The lowest BCUT2D eigenvalue weighted by atomic mass is 9.91. The van der Waals surface area contributed by atoms with Gasteiger partial charge in [0.25, 0.3) is 6.47 Å². The molecule has 0 radical (unpaired) electrons. The lowest BCUT2D eigenvalue weighted by Gasteiger charge is -2.15.